The van der Waals surface area contributed by atoms with Gasteiger partial charge in [-0.05, 0) is 36.0 Å². The van der Waals surface area contributed by atoms with Crippen LogP contribution in [0.15, 0.2) is 48.5 Å². The fraction of sp³-hybridized carbons (Fsp3) is 0.375. The Morgan fingerprint density at radius 3 is 2.16 bits per heavy atom. The summed E-state index contributed by atoms with van der Waals surface area (Å²) in [6, 6.07) is 11.7. The van der Waals surface area contributed by atoms with E-state index < -0.39 is 29.7 Å². The topological polar surface area (TPSA) is 69.3 Å². The molecular formula is C24H23F3N4O. The minimum absolute atomic E-state index is 0.00523. The van der Waals surface area contributed by atoms with Crippen LogP contribution in [0.4, 0.5) is 18.9 Å². The third kappa shape index (κ3) is 5.46. The number of rotatable bonds is 8. The Hall–Kier alpha value is -3.36. The molecule has 32 heavy (non-hydrogen) atoms. The van der Waals surface area contributed by atoms with E-state index >= 15 is 0 Å². The number of benzene rings is 2. The molecule has 0 aromatic heterocycles. The second-order valence-electron chi connectivity index (χ2n) is 7.95. The van der Waals surface area contributed by atoms with Crippen molar-refractivity contribution >= 4 is 11.6 Å². The second kappa shape index (κ2) is 9.42. The van der Waals surface area contributed by atoms with Crippen molar-refractivity contribution in [2.45, 2.75) is 56.4 Å². The Labute approximate surface area is 185 Å². The van der Waals surface area contributed by atoms with Gasteiger partial charge in [0.25, 0.3) is 0 Å². The molecule has 8 heteroatoms. The highest BCUT2D eigenvalue weighted by Gasteiger charge is 2.47. The van der Waals surface area contributed by atoms with Crippen molar-refractivity contribution in [3.05, 3.63) is 65.5 Å². The van der Waals surface area contributed by atoms with E-state index in [9.17, 15) is 23.2 Å². The molecule has 166 valence electrons. The largest absolute Gasteiger partial charge is 0.407 e. The summed E-state index contributed by atoms with van der Waals surface area (Å²) >= 11 is 0. The molecule has 2 atom stereocenters. The highest BCUT2D eigenvalue weighted by Crippen LogP contribution is 2.36. The van der Waals surface area contributed by atoms with Gasteiger partial charge in [-0.3, -0.25) is 10.1 Å². The fourth-order valence-corrected chi connectivity index (χ4v) is 3.47. The molecule has 1 saturated carbocycles. The lowest BCUT2D eigenvalue weighted by Crippen LogP contribution is -2.51. The Bertz CT molecular complexity index is 1030. The molecule has 2 aromatic rings. The van der Waals surface area contributed by atoms with Gasteiger partial charge in [-0.25, -0.2) is 4.85 Å². The van der Waals surface area contributed by atoms with Crippen molar-refractivity contribution in [2.24, 2.45) is 0 Å². The van der Waals surface area contributed by atoms with Crippen LogP contribution in [0.2, 0.25) is 0 Å². The molecule has 1 aliphatic rings. The summed E-state index contributed by atoms with van der Waals surface area (Å²) in [5.74, 6) is -0.586. The maximum absolute atomic E-state index is 13.9. The molecule has 5 nitrogen and oxygen atoms in total. The van der Waals surface area contributed by atoms with Gasteiger partial charge in [0.2, 0.25) is 5.91 Å². The van der Waals surface area contributed by atoms with Gasteiger partial charge in [-0.15, -0.1) is 0 Å². The highest BCUT2D eigenvalue weighted by atomic mass is 19.4. The predicted octanol–water partition coefficient (Wildman–Crippen LogP) is 5.44. The first-order valence-electron chi connectivity index (χ1n) is 10.4. The Morgan fingerprint density at radius 2 is 1.72 bits per heavy atom. The average Bonchev–Trinajstić information content (AvgIpc) is 3.56. The number of amides is 1. The summed E-state index contributed by atoms with van der Waals surface area (Å²) in [6.07, 6.45) is -2.87. The normalized spacial score (nSPS) is 16.3. The third-order valence-electron chi connectivity index (χ3n) is 5.49. The number of nitriles is 1. The van der Waals surface area contributed by atoms with Crippen LogP contribution < -0.4 is 10.6 Å². The van der Waals surface area contributed by atoms with E-state index in [1.165, 1.54) is 12.1 Å². The summed E-state index contributed by atoms with van der Waals surface area (Å²) in [6.45, 7) is 8.79. The predicted molar refractivity (Wildman–Crippen MR) is 114 cm³/mol. The first-order valence-corrected chi connectivity index (χ1v) is 10.4. The van der Waals surface area contributed by atoms with Crippen LogP contribution in [0.25, 0.3) is 16.0 Å². The van der Waals surface area contributed by atoms with Gasteiger partial charge in [0.05, 0.1) is 18.7 Å². The van der Waals surface area contributed by atoms with E-state index in [0.29, 0.717) is 24.9 Å². The summed E-state index contributed by atoms with van der Waals surface area (Å²) in [5.41, 5.74) is 1.04. The number of carbonyl (C=O) groups is 1. The lowest BCUT2D eigenvalue weighted by Gasteiger charge is -2.28. The smallest absolute Gasteiger partial charge is 0.336 e. The summed E-state index contributed by atoms with van der Waals surface area (Å²) in [7, 11) is 0. The van der Waals surface area contributed by atoms with Crippen molar-refractivity contribution in [3.63, 3.8) is 0 Å². The molecule has 1 aliphatic carbocycles. The number of nitrogens with zero attached hydrogens (tertiary/aromatic N) is 2. The van der Waals surface area contributed by atoms with Crippen LogP contribution in [0.3, 0.4) is 0 Å². The van der Waals surface area contributed by atoms with E-state index in [1.807, 2.05) is 6.07 Å². The van der Waals surface area contributed by atoms with Gasteiger partial charge in [-0.1, -0.05) is 61.9 Å². The first kappa shape index (κ1) is 23.3. The van der Waals surface area contributed by atoms with Crippen molar-refractivity contribution in [2.75, 3.05) is 0 Å². The number of alkyl halides is 3. The SMILES string of the molecule is [C-]#[N+]c1ccc(-c2ccc([C@H](N[C@@H](CCC)C(=O)NC3(C#N)CC3)C(F)(F)F)cc2)cc1. The van der Waals surface area contributed by atoms with Gasteiger partial charge in [-0.2, -0.15) is 18.4 Å². The molecule has 1 fully saturated rings. The number of halogens is 3. The molecule has 0 spiro atoms. The van der Waals surface area contributed by atoms with E-state index in [1.54, 1.807) is 43.3 Å². The first-order chi connectivity index (χ1) is 15.2. The molecule has 3 rings (SSSR count). The molecule has 0 bridgehead atoms. The number of nitrogens with one attached hydrogen (secondary N) is 2. The van der Waals surface area contributed by atoms with E-state index in [2.05, 4.69) is 15.5 Å². The highest BCUT2D eigenvalue weighted by molar-refractivity contribution is 5.83. The van der Waals surface area contributed by atoms with Crippen LogP contribution in [0, 0.1) is 17.9 Å². The van der Waals surface area contributed by atoms with Gasteiger partial charge in [0.1, 0.15) is 11.6 Å². The molecular weight excluding hydrogens is 417 g/mol. The lowest BCUT2D eigenvalue weighted by molar-refractivity contribution is -0.161. The second-order valence-corrected chi connectivity index (χ2v) is 7.95. The Balaban J connectivity index is 1.81. The van der Waals surface area contributed by atoms with Crippen molar-refractivity contribution in [1.82, 2.24) is 10.6 Å². The molecule has 1 amide bonds. The summed E-state index contributed by atoms with van der Waals surface area (Å²) in [4.78, 5) is 15.9. The van der Waals surface area contributed by atoms with Gasteiger partial charge in [0.15, 0.2) is 5.69 Å². The molecule has 0 unspecified atom stereocenters. The van der Waals surface area contributed by atoms with Gasteiger partial charge in [0, 0.05) is 0 Å². The minimum Gasteiger partial charge on any atom is -0.336 e. The Kier molecular flexibility index (Phi) is 6.86. The van der Waals surface area contributed by atoms with E-state index in [0.717, 1.165) is 11.1 Å². The molecule has 2 aromatic carbocycles. The van der Waals surface area contributed by atoms with Crippen molar-refractivity contribution in [3.8, 4) is 17.2 Å². The van der Waals surface area contributed by atoms with Crippen LogP contribution >= 0.6 is 0 Å². The summed E-state index contributed by atoms with van der Waals surface area (Å²) in [5, 5.41) is 14.3. The monoisotopic (exact) mass is 440 g/mol. The van der Waals surface area contributed by atoms with E-state index in [-0.39, 0.29) is 12.0 Å². The molecule has 0 saturated heterocycles. The van der Waals surface area contributed by atoms with Crippen LogP contribution in [0.5, 0.6) is 0 Å². The Morgan fingerprint density at radius 1 is 1.16 bits per heavy atom. The standard InChI is InChI=1S/C24H23F3N4O/c1-3-4-20(22(32)31-23(15-28)13-14-23)30-21(24(25,26)27)18-7-5-16(6-8-18)17-9-11-19(29-2)12-10-17/h5-12,20-21,30H,3-4,13-14H2,1H3,(H,31,32)/t20-,21-/m0/s1. The molecule has 2 N–H and O–H groups in total. The lowest BCUT2D eigenvalue weighted by atomic mass is 9.99. The minimum atomic E-state index is -4.61. The zero-order chi connectivity index (χ0) is 23.4. The van der Waals surface area contributed by atoms with E-state index in [4.69, 9.17) is 6.57 Å². The van der Waals surface area contributed by atoms with Crippen molar-refractivity contribution < 1.29 is 18.0 Å². The molecule has 0 aliphatic heterocycles. The summed E-state index contributed by atoms with van der Waals surface area (Å²) < 4.78 is 41.8. The van der Waals surface area contributed by atoms with Crippen LogP contribution in [0.1, 0.15) is 44.2 Å². The number of hydrogen-bond acceptors (Lipinski definition) is 3. The average molecular weight is 440 g/mol. The zero-order valence-corrected chi connectivity index (χ0v) is 17.5. The molecule has 0 heterocycles. The van der Waals surface area contributed by atoms with Crippen LogP contribution in [-0.2, 0) is 4.79 Å². The van der Waals surface area contributed by atoms with Crippen molar-refractivity contribution in [1.29, 1.82) is 5.26 Å². The maximum atomic E-state index is 13.9. The third-order valence-corrected chi connectivity index (χ3v) is 5.49. The van der Waals surface area contributed by atoms with Crippen LogP contribution in [-0.4, -0.2) is 23.7 Å². The number of carbonyl (C=O) groups excluding carboxylic acids is 1. The fourth-order valence-electron chi connectivity index (χ4n) is 3.47. The number of hydrogen-bond donors (Lipinski definition) is 2. The zero-order valence-electron chi connectivity index (χ0n) is 17.5. The van der Waals surface area contributed by atoms with Gasteiger partial charge >= 0.3 is 6.18 Å². The quantitative estimate of drug-likeness (QED) is 0.537. The molecule has 0 radical (unpaired) electrons. The maximum Gasteiger partial charge on any atom is 0.407 e. The van der Waals surface area contributed by atoms with Gasteiger partial charge < -0.3 is 5.32 Å².